The minimum absolute atomic E-state index is 0.0959. The van der Waals surface area contributed by atoms with E-state index in [1.807, 2.05) is 49.4 Å². The Morgan fingerprint density at radius 1 is 1.06 bits per heavy atom. The van der Waals surface area contributed by atoms with E-state index in [0.717, 1.165) is 11.1 Å². The number of para-hydroxylation sites is 1. The largest absolute Gasteiger partial charge is 0.325 e. The minimum Gasteiger partial charge on any atom is -0.325 e. The Morgan fingerprint density at radius 2 is 1.78 bits per heavy atom. The zero-order valence-corrected chi connectivity index (χ0v) is 18.2. The van der Waals surface area contributed by atoms with Gasteiger partial charge in [0.05, 0.1) is 34.8 Å². The van der Waals surface area contributed by atoms with E-state index in [0.29, 0.717) is 33.9 Å². The maximum atomic E-state index is 13.2. The van der Waals surface area contributed by atoms with Crippen molar-refractivity contribution in [2.45, 2.75) is 18.6 Å². The van der Waals surface area contributed by atoms with E-state index in [1.165, 1.54) is 11.8 Å². The number of hydrogen-bond donors (Lipinski definition) is 1. The molecular weight excluding hydrogens is 420 g/mol. The number of amides is 1. The highest BCUT2D eigenvalue weighted by Gasteiger charge is 2.14. The van der Waals surface area contributed by atoms with E-state index in [-0.39, 0.29) is 17.2 Å². The minimum atomic E-state index is -0.219. The van der Waals surface area contributed by atoms with Crippen LogP contribution in [0.4, 0.5) is 5.69 Å². The average molecular weight is 441 g/mol. The quantitative estimate of drug-likeness (QED) is 0.356. The van der Waals surface area contributed by atoms with Crippen LogP contribution in [0.5, 0.6) is 0 Å². The number of benzene rings is 3. The lowest BCUT2D eigenvalue weighted by atomic mass is 10.1. The molecule has 0 aliphatic carbocycles. The molecule has 0 aliphatic heterocycles. The van der Waals surface area contributed by atoms with Gasteiger partial charge in [-0.1, -0.05) is 53.7 Å². The van der Waals surface area contributed by atoms with E-state index in [9.17, 15) is 9.59 Å². The summed E-state index contributed by atoms with van der Waals surface area (Å²) < 4.78 is 1.62. The van der Waals surface area contributed by atoms with Crippen LogP contribution in [0.25, 0.3) is 10.9 Å². The van der Waals surface area contributed by atoms with E-state index < -0.39 is 0 Å². The number of nitriles is 1. The molecule has 0 radical (unpaired) electrons. The summed E-state index contributed by atoms with van der Waals surface area (Å²) >= 11 is 1.22. The summed E-state index contributed by atoms with van der Waals surface area (Å²) in [6.07, 6.45) is 0. The maximum Gasteiger partial charge on any atom is 0.262 e. The number of nitrogens with zero attached hydrogens (tertiary/aromatic N) is 3. The van der Waals surface area contributed by atoms with E-state index in [1.54, 1.807) is 41.0 Å². The Labute approximate surface area is 189 Å². The number of fused-ring (bicyclic) bond motifs is 1. The zero-order valence-electron chi connectivity index (χ0n) is 17.4. The SMILES string of the molecule is Cc1ccc(Cn2c(SCC(=O)Nc3ccc(C#N)cc3)nc3ccccc3c2=O)cc1. The van der Waals surface area contributed by atoms with Crippen LogP contribution < -0.4 is 10.9 Å². The monoisotopic (exact) mass is 440 g/mol. The van der Waals surface area contributed by atoms with Crippen LogP contribution in [0.2, 0.25) is 0 Å². The van der Waals surface area contributed by atoms with Gasteiger partial charge in [0.25, 0.3) is 5.56 Å². The molecule has 32 heavy (non-hydrogen) atoms. The van der Waals surface area contributed by atoms with E-state index in [4.69, 9.17) is 5.26 Å². The lowest BCUT2D eigenvalue weighted by Crippen LogP contribution is -2.25. The first-order valence-electron chi connectivity index (χ1n) is 10.0. The molecule has 1 amide bonds. The van der Waals surface area contributed by atoms with Crippen molar-refractivity contribution in [1.29, 1.82) is 5.26 Å². The number of nitrogens with one attached hydrogen (secondary N) is 1. The smallest absolute Gasteiger partial charge is 0.262 e. The first-order chi connectivity index (χ1) is 15.5. The summed E-state index contributed by atoms with van der Waals surface area (Å²) in [5.74, 6) is -0.123. The molecule has 0 bridgehead atoms. The third-order valence-corrected chi connectivity index (χ3v) is 5.89. The van der Waals surface area contributed by atoms with Crippen molar-refractivity contribution in [2.24, 2.45) is 0 Å². The topological polar surface area (TPSA) is 87.8 Å². The third kappa shape index (κ3) is 4.88. The van der Waals surface area contributed by atoms with Crippen LogP contribution >= 0.6 is 11.8 Å². The van der Waals surface area contributed by atoms with Gasteiger partial charge in [0.15, 0.2) is 5.16 Å². The second-order valence-corrected chi connectivity index (χ2v) is 8.26. The van der Waals surface area contributed by atoms with Gasteiger partial charge in [0.2, 0.25) is 5.91 Å². The second-order valence-electron chi connectivity index (χ2n) is 7.31. The van der Waals surface area contributed by atoms with Gasteiger partial charge in [-0.3, -0.25) is 14.2 Å². The predicted octanol–water partition coefficient (Wildman–Crippen LogP) is 4.36. The highest BCUT2D eigenvalue weighted by atomic mass is 32.2. The van der Waals surface area contributed by atoms with Crippen LogP contribution in [0.3, 0.4) is 0 Å². The van der Waals surface area contributed by atoms with E-state index >= 15 is 0 Å². The van der Waals surface area contributed by atoms with Crippen molar-refractivity contribution in [3.05, 3.63) is 99.8 Å². The Kier molecular flexibility index (Phi) is 6.34. The summed E-state index contributed by atoms with van der Waals surface area (Å²) in [5, 5.41) is 12.7. The molecule has 1 N–H and O–H groups in total. The van der Waals surface area contributed by atoms with Gasteiger partial charge in [0, 0.05) is 5.69 Å². The molecule has 7 heteroatoms. The average Bonchev–Trinajstić information content (AvgIpc) is 2.81. The number of aryl methyl sites for hydroxylation is 1. The first-order valence-corrected chi connectivity index (χ1v) is 11.0. The van der Waals surface area contributed by atoms with Gasteiger partial charge in [-0.15, -0.1) is 0 Å². The van der Waals surface area contributed by atoms with Crippen molar-refractivity contribution >= 4 is 34.3 Å². The molecule has 0 aliphatic rings. The molecule has 4 aromatic rings. The summed E-state index contributed by atoms with van der Waals surface area (Å²) in [5.41, 5.74) is 3.74. The summed E-state index contributed by atoms with van der Waals surface area (Å²) in [6, 6.07) is 23.9. The standard InChI is InChI=1S/C25H20N4O2S/c1-17-6-8-19(9-7-17)15-29-24(31)21-4-2-3-5-22(21)28-25(29)32-16-23(30)27-20-12-10-18(14-26)11-13-20/h2-13H,15-16H2,1H3,(H,27,30). The number of anilines is 1. The van der Waals surface area contributed by atoms with Gasteiger partial charge >= 0.3 is 0 Å². The number of thioether (sulfide) groups is 1. The number of hydrogen-bond acceptors (Lipinski definition) is 5. The number of carbonyl (C=O) groups excluding carboxylic acids is 1. The Hall–Kier alpha value is -3.89. The van der Waals surface area contributed by atoms with Crippen molar-refractivity contribution in [3.63, 3.8) is 0 Å². The first kappa shape index (κ1) is 21.3. The van der Waals surface area contributed by atoms with Gasteiger partial charge in [-0.25, -0.2) is 4.98 Å². The van der Waals surface area contributed by atoms with Gasteiger partial charge in [0.1, 0.15) is 0 Å². The highest BCUT2D eigenvalue weighted by molar-refractivity contribution is 7.99. The van der Waals surface area contributed by atoms with Gasteiger partial charge in [-0.05, 0) is 48.9 Å². The number of rotatable bonds is 6. The normalized spacial score (nSPS) is 10.6. The van der Waals surface area contributed by atoms with Crippen LogP contribution in [-0.4, -0.2) is 21.2 Å². The molecule has 0 atom stereocenters. The molecular formula is C25H20N4O2S. The number of carbonyl (C=O) groups is 1. The molecule has 1 aromatic heterocycles. The van der Waals surface area contributed by atoms with Crippen LogP contribution in [0.15, 0.2) is 82.7 Å². The van der Waals surface area contributed by atoms with Crippen molar-refractivity contribution in [1.82, 2.24) is 9.55 Å². The van der Waals surface area contributed by atoms with Crippen LogP contribution in [-0.2, 0) is 11.3 Å². The third-order valence-electron chi connectivity index (χ3n) is 4.92. The summed E-state index contributed by atoms with van der Waals surface area (Å²) in [7, 11) is 0. The maximum absolute atomic E-state index is 13.2. The van der Waals surface area contributed by atoms with Crippen LogP contribution in [0.1, 0.15) is 16.7 Å². The Balaban J connectivity index is 1.58. The molecule has 158 valence electrons. The lowest BCUT2D eigenvalue weighted by Gasteiger charge is -2.13. The fourth-order valence-corrected chi connectivity index (χ4v) is 4.03. The highest BCUT2D eigenvalue weighted by Crippen LogP contribution is 2.20. The second kappa shape index (κ2) is 9.50. The fourth-order valence-electron chi connectivity index (χ4n) is 3.23. The summed E-state index contributed by atoms with van der Waals surface area (Å²) in [6.45, 7) is 2.39. The molecule has 0 unspecified atom stereocenters. The molecule has 0 saturated heterocycles. The number of aromatic nitrogens is 2. The molecule has 0 fully saturated rings. The fraction of sp³-hybridized carbons (Fsp3) is 0.120. The van der Waals surface area contributed by atoms with Crippen LogP contribution in [0, 0.1) is 18.3 Å². The molecule has 0 saturated carbocycles. The van der Waals surface area contributed by atoms with Crippen molar-refractivity contribution in [2.75, 3.05) is 11.1 Å². The lowest BCUT2D eigenvalue weighted by molar-refractivity contribution is -0.113. The van der Waals surface area contributed by atoms with Gasteiger partial charge in [-0.2, -0.15) is 5.26 Å². The predicted molar refractivity (Wildman–Crippen MR) is 127 cm³/mol. The summed E-state index contributed by atoms with van der Waals surface area (Å²) in [4.78, 5) is 30.3. The zero-order chi connectivity index (χ0) is 22.5. The molecule has 3 aromatic carbocycles. The molecule has 1 heterocycles. The van der Waals surface area contributed by atoms with Crippen molar-refractivity contribution in [3.8, 4) is 6.07 Å². The molecule has 6 nitrogen and oxygen atoms in total. The van der Waals surface area contributed by atoms with Crippen molar-refractivity contribution < 1.29 is 4.79 Å². The van der Waals surface area contributed by atoms with E-state index in [2.05, 4.69) is 10.3 Å². The van der Waals surface area contributed by atoms with Gasteiger partial charge < -0.3 is 5.32 Å². The molecule has 4 rings (SSSR count). The molecule has 0 spiro atoms. The Morgan fingerprint density at radius 3 is 2.50 bits per heavy atom. The Bertz CT molecular complexity index is 1370.